The first-order valence-corrected chi connectivity index (χ1v) is 13.0. The summed E-state index contributed by atoms with van der Waals surface area (Å²) in [5.41, 5.74) is 3.32. The molecule has 186 valence electrons. The Labute approximate surface area is 213 Å². The number of carbonyl (C=O) groups excluding carboxylic acids is 2. The van der Waals surface area contributed by atoms with E-state index in [9.17, 15) is 9.59 Å². The van der Waals surface area contributed by atoms with E-state index in [0.717, 1.165) is 91.6 Å². The van der Waals surface area contributed by atoms with E-state index in [4.69, 9.17) is 4.74 Å². The third-order valence-electron chi connectivity index (χ3n) is 7.47. The number of allylic oxidation sites excluding steroid dienone is 4. The van der Waals surface area contributed by atoms with Crippen LogP contribution in [0.5, 0.6) is 5.75 Å². The van der Waals surface area contributed by atoms with E-state index in [2.05, 4.69) is 15.5 Å². The molecule has 0 N–H and O–H groups in total. The van der Waals surface area contributed by atoms with E-state index in [1.54, 1.807) is 7.11 Å². The van der Waals surface area contributed by atoms with Gasteiger partial charge in [0.15, 0.2) is 11.6 Å². The number of likely N-dealkylation sites (tertiary alicyclic amines) is 1. The fourth-order valence-electron chi connectivity index (χ4n) is 5.51. The summed E-state index contributed by atoms with van der Waals surface area (Å²) in [6.07, 6.45) is 12.8. The van der Waals surface area contributed by atoms with E-state index < -0.39 is 0 Å². The van der Waals surface area contributed by atoms with Crippen LogP contribution in [0.1, 0.15) is 52.8 Å². The molecule has 0 bridgehead atoms. The Kier molecular flexibility index (Phi) is 7.47. The van der Waals surface area contributed by atoms with Crippen LogP contribution < -0.4 is 4.74 Å². The lowest BCUT2D eigenvalue weighted by atomic mass is 9.89. The lowest BCUT2D eigenvalue weighted by molar-refractivity contribution is 0.0838. The van der Waals surface area contributed by atoms with Crippen molar-refractivity contribution in [1.29, 1.82) is 0 Å². The van der Waals surface area contributed by atoms with Crippen molar-refractivity contribution in [2.75, 3.05) is 26.7 Å². The molecule has 1 aliphatic carbocycles. The molecule has 1 saturated heterocycles. The Morgan fingerprint density at radius 1 is 0.972 bits per heavy atom. The molecule has 0 saturated carbocycles. The second kappa shape index (κ2) is 11.1. The van der Waals surface area contributed by atoms with Crippen molar-refractivity contribution >= 4 is 22.5 Å². The summed E-state index contributed by atoms with van der Waals surface area (Å²) < 4.78 is 7.85. The van der Waals surface area contributed by atoms with Gasteiger partial charge in [0.25, 0.3) is 0 Å². The van der Waals surface area contributed by atoms with Gasteiger partial charge in [-0.3, -0.25) is 9.59 Å². The van der Waals surface area contributed by atoms with Gasteiger partial charge in [-0.15, -0.1) is 0 Å². The van der Waals surface area contributed by atoms with Crippen molar-refractivity contribution in [3.63, 3.8) is 0 Å². The summed E-state index contributed by atoms with van der Waals surface area (Å²) in [6, 6.07) is 15.6. The number of ether oxygens (including phenoxy) is 1. The minimum absolute atomic E-state index is 0.0770. The van der Waals surface area contributed by atoms with Gasteiger partial charge in [0.2, 0.25) is 0 Å². The third-order valence-corrected chi connectivity index (χ3v) is 7.47. The summed E-state index contributed by atoms with van der Waals surface area (Å²) in [5, 5.41) is 0.944. The molecular formula is C31H34N2O3. The van der Waals surface area contributed by atoms with E-state index in [0.29, 0.717) is 0 Å². The van der Waals surface area contributed by atoms with Gasteiger partial charge in [-0.05, 0) is 57.8 Å². The number of nitrogens with zero attached hydrogens (tertiary/aromatic N) is 2. The highest BCUT2D eigenvalue weighted by molar-refractivity contribution is 6.18. The van der Waals surface area contributed by atoms with Crippen molar-refractivity contribution in [3.8, 4) is 5.75 Å². The van der Waals surface area contributed by atoms with Crippen molar-refractivity contribution < 1.29 is 14.3 Å². The summed E-state index contributed by atoms with van der Waals surface area (Å²) in [6.45, 7) is 3.67. The molecule has 2 aromatic carbocycles. The van der Waals surface area contributed by atoms with E-state index >= 15 is 0 Å². The zero-order valence-electron chi connectivity index (χ0n) is 21.0. The Balaban J connectivity index is 1.24. The number of piperidine rings is 1. The number of benzene rings is 2. The normalized spacial score (nSPS) is 16.8. The first kappa shape index (κ1) is 24.3. The number of aromatic nitrogens is 1. The van der Waals surface area contributed by atoms with Gasteiger partial charge in [-0.25, -0.2) is 0 Å². The van der Waals surface area contributed by atoms with Gasteiger partial charge in [-0.1, -0.05) is 60.7 Å². The summed E-state index contributed by atoms with van der Waals surface area (Å²) in [4.78, 5) is 28.6. The van der Waals surface area contributed by atoms with Crippen molar-refractivity contribution in [2.45, 2.75) is 38.6 Å². The zero-order chi connectivity index (χ0) is 24.9. The van der Waals surface area contributed by atoms with Gasteiger partial charge < -0.3 is 14.2 Å². The molecule has 2 aliphatic rings. The van der Waals surface area contributed by atoms with Crippen LogP contribution in [0.3, 0.4) is 0 Å². The van der Waals surface area contributed by atoms with Crippen LogP contribution in [0.4, 0.5) is 0 Å². The predicted octanol–water partition coefficient (Wildman–Crippen LogP) is 6.09. The van der Waals surface area contributed by atoms with Crippen molar-refractivity contribution in [3.05, 3.63) is 89.7 Å². The number of aryl methyl sites for hydroxylation is 1. The summed E-state index contributed by atoms with van der Waals surface area (Å²) >= 11 is 0. The van der Waals surface area contributed by atoms with Crippen LogP contribution in [-0.2, 0) is 6.54 Å². The van der Waals surface area contributed by atoms with Crippen molar-refractivity contribution in [1.82, 2.24) is 9.47 Å². The maximum absolute atomic E-state index is 13.3. The molecule has 1 fully saturated rings. The zero-order valence-corrected chi connectivity index (χ0v) is 21.0. The maximum atomic E-state index is 13.3. The Morgan fingerprint density at radius 2 is 1.78 bits per heavy atom. The van der Waals surface area contributed by atoms with Crippen LogP contribution in [0, 0.1) is 5.92 Å². The lowest BCUT2D eigenvalue weighted by Gasteiger charge is -2.31. The lowest BCUT2D eigenvalue weighted by Crippen LogP contribution is -2.37. The van der Waals surface area contributed by atoms with E-state index in [-0.39, 0.29) is 17.5 Å². The highest BCUT2D eigenvalue weighted by Crippen LogP contribution is 2.32. The first-order valence-electron chi connectivity index (χ1n) is 13.0. The molecule has 0 atom stereocenters. The number of para-hydroxylation sites is 1. The minimum atomic E-state index is 0.0770. The molecule has 0 radical (unpaired) electrons. The Morgan fingerprint density at radius 3 is 2.50 bits per heavy atom. The number of rotatable bonds is 9. The van der Waals surface area contributed by atoms with Crippen LogP contribution in [0.15, 0.2) is 78.5 Å². The fraction of sp³-hybridized carbons (Fsp3) is 0.355. The van der Waals surface area contributed by atoms with Crippen molar-refractivity contribution in [2.24, 2.45) is 5.92 Å². The van der Waals surface area contributed by atoms with Gasteiger partial charge in [0.05, 0.1) is 12.6 Å². The van der Waals surface area contributed by atoms with Crippen LogP contribution in [-0.4, -0.2) is 47.8 Å². The molecule has 5 nitrogen and oxygen atoms in total. The quantitative estimate of drug-likeness (QED) is 0.346. The SMILES string of the molecule is COc1cccc2c(C(=O)C3=CCCC=C3)cn(CCCN3CCC(C(=O)c4ccccc4)CC3)c12. The fourth-order valence-corrected chi connectivity index (χ4v) is 5.51. The highest BCUT2D eigenvalue weighted by Gasteiger charge is 2.26. The molecule has 2 heterocycles. The number of methoxy groups -OCH3 is 1. The molecule has 5 heteroatoms. The Hall–Kier alpha value is -3.44. The second-order valence-corrected chi connectivity index (χ2v) is 9.76. The standard InChI is InChI=1S/C31H34N2O3/c1-36-28-15-8-14-26-27(31(35)24-12-6-3-7-13-24)22-33(29(26)28)19-9-18-32-20-16-25(17-21-32)30(34)23-10-4-2-5-11-23/h2,4-6,8,10-15,22,25H,3,7,9,16-21H2,1H3. The van der Waals surface area contributed by atoms with Gasteiger partial charge in [0, 0.05) is 40.7 Å². The summed E-state index contributed by atoms with van der Waals surface area (Å²) in [7, 11) is 1.68. The molecule has 5 rings (SSSR count). The topological polar surface area (TPSA) is 51.5 Å². The van der Waals surface area contributed by atoms with Gasteiger partial charge >= 0.3 is 0 Å². The number of hydrogen-bond donors (Lipinski definition) is 0. The van der Waals surface area contributed by atoms with Crippen LogP contribution in [0.25, 0.3) is 10.9 Å². The van der Waals surface area contributed by atoms with Crippen LogP contribution >= 0.6 is 0 Å². The summed E-state index contributed by atoms with van der Waals surface area (Å²) in [5.74, 6) is 1.27. The predicted molar refractivity (Wildman–Crippen MR) is 144 cm³/mol. The first-order chi connectivity index (χ1) is 17.7. The molecule has 0 spiro atoms. The molecule has 0 unspecified atom stereocenters. The number of ketones is 2. The van der Waals surface area contributed by atoms with Gasteiger partial charge in [-0.2, -0.15) is 0 Å². The highest BCUT2D eigenvalue weighted by atomic mass is 16.5. The van der Waals surface area contributed by atoms with Gasteiger partial charge in [0.1, 0.15) is 5.75 Å². The molecule has 1 aliphatic heterocycles. The van der Waals surface area contributed by atoms with E-state index in [1.165, 1.54) is 0 Å². The van der Waals surface area contributed by atoms with Crippen LogP contribution in [0.2, 0.25) is 0 Å². The maximum Gasteiger partial charge on any atom is 0.194 e. The number of carbonyl (C=O) groups is 2. The monoisotopic (exact) mass is 482 g/mol. The molecule has 36 heavy (non-hydrogen) atoms. The average molecular weight is 483 g/mol. The number of fused-ring (bicyclic) bond motifs is 1. The largest absolute Gasteiger partial charge is 0.495 e. The molecule has 3 aromatic rings. The Bertz CT molecular complexity index is 1290. The smallest absolute Gasteiger partial charge is 0.194 e. The average Bonchev–Trinajstić information content (AvgIpc) is 3.32. The van der Waals surface area contributed by atoms with E-state index in [1.807, 2.05) is 66.9 Å². The number of hydrogen-bond acceptors (Lipinski definition) is 4. The number of Topliss-reactive ketones (excluding diaryl/α,β-unsaturated/α-hetero) is 2. The third kappa shape index (κ3) is 5.07. The molecule has 1 aromatic heterocycles. The second-order valence-electron chi connectivity index (χ2n) is 9.76. The molecular weight excluding hydrogens is 448 g/mol. The molecule has 0 amide bonds. The minimum Gasteiger partial charge on any atom is -0.495 e.